The number of halogens is 1. The van der Waals surface area contributed by atoms with Gasteiger partial charge in [-0.25, -0.2) is 4.39 Å². The fourth-order valence-corrected chi connectivity index (χ4v) is 2.75. The first-order valence-corrected chi connectivity index (χ1v) is 9.35. The minimum absolute atomic E-state index is 0.103. The second kappa shape index (κ2) is 9.88. The van der Waals surface area contributed by atoms with E-state index < -0.39 is 0 Å². The van der Waals surface area contributed by atoms with Gasteiger partial charge < -0.3 is 15.0 Å². The van der Waals surface area contributed by atoms with Gasteiger partial charge in [0, 0.05) is 19.2 Å². The van der Waals surface area contributed by atoms with Gasteiger partial charge in [0.15, 0.2) is 6.61 Å². The Kier molecular flexibility index (Phi) is 7.55. The third kappa shape index (κ3) is 5.81. The number of hydrogen-bond acceptors (Lipinski definition) is 3. The summed E-state index contributed by atoms with van der Waals surface area (Å²) in [6, 6.07) is 12.6. The van der Waals surface area contributed by atoms with Crippen molar-refractivity contribution in [1.29, 1.82) is 0 Å². The zero-order chi connectivity index (χ0) is 20.7. The van der Waals surface area contributed by atoms with Gasteiger partial charge in [-0.3, -0.25) is 9.59 Å². The monoisotopic (exact) mass is 386 g/mol. The fourth-order valence-electron chi connectivity index (χ4n) is 2.75. The summed E-state index contributed by atoms with van der Waals surface area (Å²) >= 11 is 0. The number of nitrogens with zero attached hydrogens (tertiary/aromatic N) is 1. The molecule has 2 amide bonds. The molecule has 0 saturated carbocycles. The van der Waals surface area contributed by atoms with E-state index in [0.717, 1.165) is 5.56 Å². The van der Waals surface area contributed by atoms with Crippen molar-refractivity contribution in [3.8, 4) is 5.75 Å². The van der Waals surface area contributed by atoms with Crippen molar-refractivity contribution in [3.63, 3.8) is 0 Å². The van der Waals surface area contributed by atoms with Crippen LogP contribution in [0.1, 0.15) is 42.7 Å². The van der Waals surface area contributed by atoms with E-state index in [0.29, 0.717) is 17.9 Å². The van der Waals surface area contributed by atoms with Gasteiger partial charge >= 0.3 is 0 Å². The van der Waals surface area contributed by atoms with Gasteiger partial charge in [0.2, 0.25) is 0 Å². The minimum atomic E-state index is -0.316. The highest BCUT2D eigenvalue weighted by atomic mass is 19.1. The summed E-state index contributed by atoms with van der Waals surface area (Å²) < 4.78 is 18.7. The van der Waals surface area contributed by atoms with E-state index in [9.17, 15) is 14.0 Å². The topological polar surface area (TPSA) is 58.6 Å². The summed E-state index contributed by atoms with van der Waals surface area (Å²) in [6.45, 7) is 6.29. The van der Waals surface area contributed by atoms with E-state index in [1.54, 1.807) is 48.3 Å². The first-order chi connectivity index (χ1) is 13.3. The van der Waals surface area contributed by atoms with Crippen LogP contribution in [-0.4, -0.2) is 36.9 Å². The molecule has 1 atom stereocenters. The van der Waals surface area contributed by atoms with Crippen LogP contribution >= 0.6 is 0 Å². The maximum Gasteiger partial charge on any atom is 0.258 e. The lowest BCUT2D eigenvalue weighted by Crippen LogP contribution is -2.35. The van der Waals surface area contributed by atoms with Crippen LogP contribution in [0.25, 0.3) is 0 Å². The molecule has 0 spiro atoms. The van der Waals surface area contributed by atoms with Crippen molar-refractivity contribution in [2.75, 3.05) is 20.2 Å². The molecule has 0 aliphatic carbocycles. The molecule has 2 rings (SSSR count). The molecule has 28 heavy (non-hydrogen) atoms. The number of amides is 2. The number of benzene rings is 2. The van der Waals surface area contributed by atoms with Crippen molar-refractivity contribution in [3.05, 3.63) is 65.5 Å². The summed E-state index contributed by atoms with van der Waals surface area (Å²) in [5, 5.41) is 2.93. The Labute approximate surface area is 165 Å². The van der Waals surface area contributed by atoms with Crippen LogP contribution < -0.4 is 10.1 Å². The summed E-state index contributed by atoms with van der Waals surface area (Å²) in [5.74, 6) is -0.128. The smallest absolute Gasteiger partial charge is 0.258 e. The standard InChI is InChI=1S/C22H27FN2O3/c1-5-25(4)22(27)17-7-6-8-19(13-17)28-14-20(26)24-21(15(2)3)16-9-11-18(23)12-10-16/h6-13,15,21H,5,14H2,1-4H3,(H,24,26). The van der Waals surface area contributed by atoms with Gasteiger partial charge in [-0.05, 0) is 48.7 Å². The third-order valence-electron chi connectivity index (χ3n) is 4.48. The summed E-state index contributed by atoms with van der Waals surface area (Å²) in [6.07, 6.45) is 0. The fraction of sp³-hybridized carbons (Fsp3) is 0.364. The molecule has 0 bridgehead atoms. The van der Waals surface area contributed by atoms with Crippen LogP contribution in [0.3, 0.4) is 0 Å². The van der Waals surface area contributed by atoms with Gasteiger partial charge in [0.25, 0.3) is 11.8 Å². The molecule has 0 radical (unpaired) electrons. The molecule has 2 aromatic rings. The normalized spacial score (nSPS) is 11.8. The van der Waals surface area contributed by atoms with Gasteiger partial charge in [-0.2, -0.15) is 0 Å². The van der Waals surface area contributed by atoms with E-state index in [2.05, 4.69) is 5.32 Å². The molecule has 0 heterocycles. The lowest BCUT2D eigenvalue weighted by Gasteiger charge is -2.23. The predicted molar refractivity (Wildman–Crippen MR) is 107 cm³/mol. The predicted octanol–water partition coefficient (Wildman–Crippen LogP) is 3.81. The molecule has 0 aliphatic rings. The second-order valence-electron chi connectivity index (χ2n) is 6.98. The Morgan fingerprint density at radius 1 is 1.14 bits per heavy atom. The Bertz CT molecular complexity index is 806. The first kappa shape index (κ1) is 21.4. The van der Waals surface area contributed by atoms with Crippen molar-refractivity contribution >= 4 is 11.8 Å². The molecular formula is C22H27FN2O3. The number of carbonyl (C=O) groups is 2. The number of ether oxygens (including phenoxy) is 1. The molecular weight excluding hydrogens is 359 g/mol. The van der Waals surface area contributed by atoms with Crippen molar-refractivity contribution in [2.24, 2.45) is 5.92 Å². The molecule has 0 aliphatic heterocycles. The van der Waals surface area contributed by atoms with Crippen LogP contribution in [0.4, 0.5) is 4.39 Å². The van der Waals surface area contributed by atoms with E-state index in [1.807, 2.05) is 20.8 Å². The Balaban J connectivity index is 1.99. The molecule has 1 unspecified atom stereocenters. The Hall–Kier alpha value is -2.89. The van der Waals surface area contributed by atoms with Gasteiger partial charge in [0.1, 0.15) is 11.6 Å². The number of carbonyl (C=O) groups excluding carboxylic acids is 2. The molecule has 0 fully saturated rings. The van der Waals surface area contributed by atoms with Crippen LogP contribution in [0, 0.1) is 11.7 Å². The largest absolute Gasteiger partial charge is 0.484 e. The Morgan fingerprint density at radius 3 is 2.43 bits per heavy atom. The van der Waals surface area contributed by atoms with Crippen LogP contribution in [0.2, 0.25) is 0 Å². The lowest BCUT2D eigenvalue weighted by atomic mass is 9.96. The molecule has 2 aromatic carbocycles. The van der Waals surface area contributed by atoms with Crippen LogP contribution in [0.5, 0.6) is 5.75 Å². The average Bonchev–Trinajstić information content (AvgIpc) is 2.70. The van der Waals surface area contributed by atoms with E-state index >= 15 is 0 Å². The van der Waals surface area contributed by atoms with E-state index in [4.69, 9.17) is 4.74 Å². The van der Waals surface area contributed by atoms with Crippen molar-refractivity contribution in [1.82, 2.24) is 10.2 Å². The first-order valence-electron chi connectivity index (χ1n) is 9.35. The minimum Gasteiger partial charge on any atom is -0.484 e. The van der Waals surface area contributed by atoms with E-state index in [-0.39, 0.29) is 36.2 Å². The highest BCUT2D eigenvalue weighted by Crippen LogP contribution is 2.22. The summed E-state index contributed by atoms with van der Waals surface area (Å²) in [7, 11) is 1.73. The molecule has 0 saturated heterocycles. The van der Waals surface area contributed by atoms with E-state index in [1.165, 1.54) is 12.1 Å². The SMILES string of the molecule is CCN(C)C(=O)c1cccc(OCC(=O)NC(c2ccc(F)cc2)C(C)C)c1. The lowest BCUT2D eigenvalue weighted by molar-refractivity contribution is -0.124. The Morgan fingerprint density at radius 2 is 1.82 bits per heavy atom. The van der Waals surface area contributed by atoms with Crippen molar-refractivity contribution in [2.45, 2.75) is 26.8 Å². The number of hydrogen-bond donors (Lipinski definition) is 1. The van der Waals surface area contributed by atoms with Crippen LogP contribution in [0.15, 0.2) is 48.5 Å². The molecule has 150 valence electrons. The highest BCUT2D eigenvalue weighted by Gasteiger charge is 2.19. The van der Waals surface area contributed by atoms with Gasteiger partial charge in [-0.1, -0.05) is 32.0 Å². The van der Waals surface area contributed by atoms with Gasteiger partial charge in [0.05, 0.1) is 6.04 Å². The van der Waals surface area contributed by atoms with Gasteiger partial charge in [-0.15, -0.1) is 0 Å². The maximum atomic E-state index is 13.1. The van der Waals surface area contributed by atoms with Crippen LogP contribution in [-0.2, 0) is 4.79 Å². The molecule has 0 aromatic heterocycles. The molecule has 6 heteroatoms. The van der Waals surface area contributed by atoms with Crippen molar-refractivity contribution < 1.29 is 18.7 Å². The summed E-state index contributed by atoms with van der Waals surface area (Å²) in [4.78, 5) is 26.2. The third-order valence-corrected chi connectivity index (χ3v) is 4.48. The average molecular weight is 386 g/mol. The second-order valence-corrected chi connectivity index (χ2v) is 6.98. The number of rotatable bonds is 8. The summed E-state index contributed by atoms with van der Waals surface area (Å²) in [5.41, 5.74) is 1.34. The molecule has 1 N–H and O–H groups in total. The highest BCUT2D eigenvalue weighted by molar-refractivity contribution is 5.94. The number of nitrogens with one attached hydrogen (secondary N) is 1. The quantitative estimate of drug-likeness (QED) is 0.751. The zero-order valence-electron chi connectivity index (χ0n) is 16.7. The zero-order valence-corrected chi connectivity index (χ0v) is 16.7. The maximum absolute atomic E-state index is 13.1. The molecule has 5 nitrogen and oxygen atoms in total.